The number of carbonyl (C=O) groups is 5. The van der Waals surface area contributed by atoms with Crippen molar-refractivity contribution in [3.63, 3.8) is 0 Å². The van der Waals surface area contributed by atoms with E-state index in [0.717, 1.165) is 49.7 Å². The molecule has 0 bridgehead atoms. The van der Waals surface area contributed by atoms with Crippen LogP contribution in [0.3, 0.4) is 0 Å². The van der Waals surface area contributed by atoms with Gasteiger partial charge < -0.3 is 30.2 Å². The van der Waals surface area contributed by atoms with Gasteiger partial charge in [-0.3, -0.25) is 24.1 Å². The molecule has 0 spiro atoms. The molecular formula is C38H33BrN4O9S2. The van der Waals surface area contributed by atoms with Crippen molar-refractivity contribution in [3.8, 4) is 22.5 Å². The van der Waals surface area contributed by atoms with Crippen molar-refractivity contribution in [2.45, 2.75) is 37.1 Å². The number of rotatable bonds is 10. The Morgan fingerprint density at radius 1 is 0.963 bits per heavy atom. The maximum atomic E-state index is 13.1. The van der Waals surface area contributed by atoms with Gasteiger partial charge in [-0.05, 0) is 72.7 Å². The van der Waals surface area contributed by atoms with Crippen LogP contribution in [0.4, 0.5) is 11.4 Å². The number of nitrogens with one attached hydrogen (secondary N) is 2. The molecule has 5 heterocycles. The van der Waals surface area contributed by atoms with Crippen molar-refractivity contribution >= 4 is 91.5 Å². The number of hydrogen-bond acceptors (Lipinski definition) is 10. The maximum Gasteiger partial charge on any atom is 0.352 e. The Morgan fingerprint density at radius 2 is 1.74 bits per heavy atom. The van der Waals surface area contributed by atoms with Crippen LogP contribution in [0.25, 0.3) is 33.4 Å². The molecule has 54 heavy (non-hydrogen) atoms. The Bertz CT molecular complexity index is 2360. The molecule has 8 rings (SSSR count). The topological polar surface area (TPSA) is 187 Å². The summed E-state index contributed by atoms with van der Waals surface area (Å²) < 4.78 is 6.47. The number of aryl methyl sites for hydroxylation is 2. The number of nitrogens with zero attached hydrogens (tertiary/aromatic N) is 2. The Labute approximate surface area is 325 Å². The van der Waals surface area contributed by atoms with Crippen LogP contribution in [-0.4, -0.2) is 91.9 Å². The van der Waals surface area contributed by atoms with Gasteiger partial charge in [0.1, 0.15) is 28.5 Å². The number of benzene rings is 3. The van der Waals surface area contributed by atoms with E-state index < -0.39 is 35.2 Å². The van der Waals surface area contributed by atoms with Crippen molar-refractivity contribution in [2.24, 2.45) is 0 Å². The zero-order chi connectivity index (χ0) is 37.8. The van der Waals surface area contributed by atoms with Crippen molar-refractivity contribution in [3.05, 3.63) is 80.6 Å². The number of thioether (sulfide) groups is 2. The van der Waals surface area contributed by atoms with E-state index >= 15 is 0 Å². The van der Waals surface area contributed by atoms with Gasteiger partial charge in [-0.2, -0.15) is 0 Å². The quantitative estimate of drug-likeness (QED) is 0.0977. The Hall–Kier alpha value is -4.80. The number of carbonyl (C=O) groups excluding carboxylic acids is 3. The second-order valence-electron chi connectivity index (χ2n) is 13.5. The molecule has 6 aliphatic rings. The summed E-state index contributed by atoms with van der Waals surface area (Å²) in [7, 11) is 0. The molecule has 2 aromatic carbocycles. The fourth-order valence-corrected chi connectivity index (χ4v) is 10.4. The first-order valence-corrected chi connectivity index (χ1v) is 20.7. The highest BCUT2D eigenvalue weighted by atomic mass is 79.9. The minimum absolute atomic E-state index is 0.0188. The molecule has 4 N–H and O–H groups in total. The van der Waals surface area contributed by atoms with Crippen LogP contribution >= 0.6 is 39.5 Å². The minimum atomic E-state index is -1.26. The molecule has 278 valence electrons. The number of alkyl halides is 1. The summed E-state index contributed by atoms with van der Waals surface area (Å²) in [6.07, 6.45) is 3.67. The summed E-state index contributed by atoms with van der Waals surface area (Å²) in [5, 5.41) is 26.1. The third-order valence-corrected chi connectivity index (χ3v) is 13.0. The second-order valence-corrected chi connectivity index (χ2v) is 16.2. The highest BCUT2D eigenvalue weighted by Gasteiger charge is 2.54. The van der Waals surface area contributed by atoms with E-state index in [0.29, 0.717) is 39.4 Å². The normalized spacial score (nSPS) is 18.9. The predicted molar refractivity (Wildman–Crippen MR) is 210 cm³/mol. The molecular weight excluding hydrogens is 800 g/mol. The summed E-state index contributed by atoms with van der Waals surface area (Å²) in [6.45, 7) is 1.93. The van der Waals surface area contributed by atoms with E-state index in [1.165, 1.54) is 57.9 Å². The molecule has 2 aromatic rings. The number of amides is 3. The number of halogens is 1. The van der Waals surface area contributed by atoms with Crippen LogP contribution in [0.1, 0.15) is 34.3 Å². The number of fused-ring (bicyclic) bond motifs is 4. The Morgan fingerprint density at radius 3 is 2.50 bits per heavy atom. The van der Waals surface area contributed by atoms with E-state index in [4.69, 9.17) is 4.42 Å². The Balaban J connectivity index is 1.05. The number of carboxylic acid groups (broad SMARTS) is 2. The lowest BCUT2D eigenvalue weighted by Gasteiger charge is -2.49. The monoisotopic (exact) mass is 832 g/mol. The number of aromatic carboxylic acids is 1. The van der Waals surface area contributed by atoms with Gasteiger partial charge in [0.05, 0.1) is 16.6 Å². The molecule has 16 heteroatoms. The smallest absolute Gasteiger partial charge is 0.352 e. The first kappa shape index (κ1) is 36.2. The molecule has 2 atom stereocenters. The molecule has 1 fully saturated rings. The van der Waals surface area contributed by atoms with Gasteiger partial charge in [0.15, 0.2) is 5.43 Å². The van der Waals surface area contributed by atoms with Crippen LogP contribution in [0.2, 0.25) is 0 Å². The second kappa shape index (κ2) is 14.5. The lowest BCUT2D eigenvalue weighted by molar-refractivity contribution is -0.150. The largest absolute Gasteiger partial charge is 0.478 e. The number of aliphatic carboxylic acids is 1. The maximum absolute atomic E-state index is 13.1. The third kappa shape index (κ3) is 6.33. The summed E-state index contributed by atoms with van der Waals surface area (Å²) >= 11 is 5.56. The van der Waals surface area contributed by atoms with Crippen LogP contribution in [0, 0.1) is 0 Å². The first-order chi connectivity index (χ1) is 26.0. The third-order valence-electron chi connectivity index (χ3n) is 10.2. The summed E-state index contributed by atoms with van der Waals surface area (Å²) in [6, 6.07) is 10.6. The Kier molecular flexibility index (Phi) is 9.69. The summed E-state index contributed by atoms with van der Waals surface area (Å²) in [5.41, 5.74) is 6.12. The van der Waals surface area contributed by atoms with Crippen molar-refractivity contribution in [1.29, 1.82) is 0 Å². The summed E-state index contributed by atoms with van der Waals surface area (Å²) in [5.74, 6) is -2.97. The van der Waals surface area contributed by atoms with Crippen molar-refractivity contribution in [1.82, 2.24) is 10.2 Å². The molecule has 0 saturated carbocycles. The lowest BCUT2D eigenvalue weighted by Crippen LogP contribution is -2.70. The van der Waals surface area contributed by atoms with E-state index in [1.54, 1.807) is 18.2 Å². The van der Waals surface area contributed by atoms with E-state index in [2.05, 4.69) is 37.5 Å². The number of carboxylic acids is 2. The average Bonchev–Trinajstić information content (AvgIpc) is 3.16. The van der Waals surface area contributed by atoms with Gasteiger partial charge in [-0.15, -0.1) is 23.5 Å². The molecule has 13 nitrogen and oxygen atoms in total. The predicted octanol–water partition coefficient (Wildman–Crippen LogP) is 4.77. The molecule has 1 saturated heterocycles. The first-order valence-electron chi connectivity index (χ1n) is 17.3. The van der Waals surface area contributed by atoms with Crippen LogP contribution < -0.4 is 21.0 Å². The zero-order valence-electron chi connectivity index (χ0n) is 28.6. The average molecular weight is 834 g/mol. The zero-order valence-corrected chi connectivity index (χ0v) is 31.8. The van der Waals surface area contributed by atoms with Gasteiger partial charge >= 0.3 is 11.9 Å². The van der Waals surface area contributed by atoms with Gasteiger partial charge in [0, 0.05) is 64.1 Å². The molecule has 1 aliphatic carbocycles. The van der Waals surface area contributed by atoms with Crippen LogP contribution in [0.15, 0.2) is 62.9 Å². The molecule has 0 radical (unpaired) electrons. The molecule has 2 unspecified atom stereocenters. The number of β-lactam (4-membered cyclic amide) rings is 1. The van der Waals surface area contributed by atoms with Gasteiger partial charge in [0.25, 0.3) is 5.91 Å². The van der Waals surface area contributed by atoms with Gasteiger partial charge in [-0.25, -0.2) is 9.59 Å². The highest BCUT2D eigenvalue weighted by molar-refractivity contribution is 9.09. The SMILES string of the molecule is O=C(CSCC1=C(C(=O)O)N2C(=O)C(NC(=O)CBr)C2SC1)Nc1ccc(-c2c3ccc(=O)cc-3oc3c4c5c(cc23)CCCN5CCC4)c(C(=O)O)c1. The summed E-state index contributed by atoms with van der Waals surface area (Å²) in [4.78, 5) is 78.8. The molecule has 0 aromatic heterocycles. The van der Waals surface area contributed by atoms with Crippen LogP contribution in [0.5, 0.6) is 0 Å². The molecule has 5 aliphatic heterocycles. The number of hydrogen-bond donors (Lipinski definition) is 4. The van der Waals surface area contributed by atoms with E-state index in [9.17, 15) is 39.0 Å². The highest BCUT2D eigenvalue weighted by Crippen LogP contribution is 2.48. The van der Waals surface area contributed by atoms with Crippen molar-refractivity contribution in [2.75, 3.05) is 45.9 Å². The van der Waals surface area contributed by atoms with Crippen molar-refractivity contribution < 1.29 is 38.6 Å². The fraction of sp³-hybridized carbons (Fsp3) is 0.316. The lowest BCUT2D eigenvalue weighted by atomic mass is 9.85. The van der Waals surface area contributed by atoms with E-state index in [-0.39, 0.29) is 45.1 Å². The number of anilines is 2. The minimum Gasteiger partial charge on any atom is -0.478 e. The van der Waals surface area contributed by atoms with Gasteiger partial charge in [-0.1, -0.05) is 22.0 Å². The molecule has 3 amide bonds. The van der Waals surface area contributed by atoms with Gasteiger partial charge in [0.2, 0.25) is 11.8 Å². The fourth-order valence-electron chi connectivity index (χ4n) is 7.96. The van der Waals surface area contributed by atoms with E-state index in [1.807, 2.05) is 0 Å². The van der Waals surface area contributed by atoms with Crippen LogP contribution in [-0.2, 0) is 32.0 Å². The standard InChI is InChI=1S/C38H33BrN4O9S2/c39-14-28(45)41-31-35(47)43-33(38(50)51)19(16-54-36(31)43)15-53-17-29(46)40-20-5-7-22(25(12-20)37(48)49)30-23-8-6-21(44)13-27(23)52-34-24-4-2-10-42-9-1-3-18(32(24)42)11-26(30)34/h5-8,11-13,31,36H,1-4,9-10,14-17H2,(H,40,46)(H,41,45)(H,48,49)(H,50,51).